The minimum atomic E-state index is -0.897. The third-order valence-electron chi connectivity index (χ3n) is 6.29. The summed E-state index contributed by atoms with van der Waals surface area (Å²) in [6.07, 6.45) is 3.22. The van der Waals surface area contributed by atoms with Crippen molar-refractivity contribution in [3.63, 3.8) is 0 Å². The van der Waals surface area contributed by atoms with E-state index in [0.717, 1.165) is 27.7 Å². The summed E-state index contributed by atoms with van der Waals surface area (Å²) in [5, 5.41) is 14.2. The molecule has 1 heterocycles. The highest BCUT2D eigenvalue weighted by atomic mass is 35.5. The molecule has 1 aromatic heterocycles. The van der Waals surface area contributed by atoms with Gasteiger partial charge in [-0.2, -0.15) is 0 Å². The molecule has 1 amide bonds. The number of hydrogen-bond donors (Lipinski definition) is 2. The molecule has 168 valence electrons. The number of carboxylic acid groups (broad SMARTS) is 1. The highest BCUT2D eigenvalue weighted by Crippen LogP contribution is 2.36. The van der Waals surface area contributed by atoms with Gasteiger partial charge in [0.2, 0.25) is 5.91 Å². The summed E-state index contributed by atoms with van der Waals surface area (Å²) in [4.78, 5) is 24.5. The first kappa shape index (κ1) is 22.3. The van der Waals surface area contributed by atoms with Crippen LogP contribution in [-0.4, -0.2) is 27.6 Å². The first-order valence-electron chi connectivity index (χ1n) is 11.0. The third kappa shape index (κ3) is 4.37. The largest absolute Gasteiger partial charge is 0.480 e. The molecule has 4 rings (SSSR count). The molecule has 3 aromatic rings. The number of hydrogen-bond acceptors (Lipinski definition) is 2. The lowest BCUT2D eigenvalue weighted by Gasteiger charge is -2.26. The number of carbonyl (C=O) groups excluding carboxylic acids is 1. The number of amides is 1. The number of carbonyl (C=O) groups is 2. The maximum atomic E-state index is 14.1. The normalized spacial score (nSPS) is 16.5. The molecule has 7 heteroatoms. The highest BCUT2D eigenvalue weighted by Gasteiger charge is 2.30. The van der Waals surface area contributed by atoms with Crippen LogP contribution in [0.25, 0.3) is 10.9 Å². The summed E-state index contributed by atoms with van der Waals surface area (Å²) in [6, 6.07) is 11.2. The lowest BCUT2D eigenvalue weighted by molar-refractivity contribution is -0.141. The van der Waals surface area contributed by atoms with Crippen LogP contribution in [-0.2, 0) is 28.9 Å². The van der Waals surface area contributed by atoms with E-state index >= 15 is 0 Å². The third-order valence-corrected chi connectivity index (χ3v) is 6.66. The predicted molar refractivity (Wildman–Crippen MR) is 123 cm³/mol. The van der Waals surface area contributed by atoms with Gasteiger partial charge in [0.1, 0.15) is 11.9 Å². The molecule has 1 aliphatic rings. The van der Waals surface area contributed by atoms with E-state index in [2.05, 4.69) is 5.32 Å². The van der Waals surface area contributed by atoms with Crippen LogP contribution in [0.4, 0.5) is 4.39 Å². The van der Waals surface area contributed by atoms with Gasteiger partial charge in [-0.25, -0.2) is 9.18 Å². The zero-order valence-electron chi connectivity index (χ0n) is 17.9. The minimum Gasteiger partial charge on any atom is -0.480 e. The molecule has 0 radical (unpaired) electrons. The van der Waals surface area contributed by atoms with E-state index in [1.807, 2.05) is 35.8 Å². The molecule has 5 nitrogen and oxygen atoms in total. The van der Waals surface area contributed by atoms with E-state index in [1.165, 1.54) is 12.1 Å². The first-order chi connectivity index (χ1) is 15.4. The average Bonchev–Trinajstić information content (AvgIpc) is 3.06. The Balaban J connectivity index is 1.55. The fraction of sp³-hybridized carbons (Fsp3) is 0.360. The van der Waals surface area contributed by atoms with Gasteiger partial charge in [-0.1, -0.05) is 36.7 Å². The summed E-state index contributed by atoms with van der Waals surface area (Å²) in [6.45, 7) is 1.84. The molecular formula is C25H26ClFN2O3. The summed E-state index contributed by atoms with van der Waals surface area (Å²) in [5.41, 5.74) is 3.53. The molecule has 0 fully saturated rings. The van der Waals surface area contributed by atoms with Gasteiger partial charge in [-0.05, 0) is 67.5 Å². The standard InChI is InChI=1S/C25H26ClFN2O3/c1-2-21(25(31)32)29-22-10-8-16(27)13-18(22)19-14-17(9-11-23(19)29)28-24(30)12-7-15-5-3-4-6-20(15)26/h3-6,8,10,13,17,21H,2,7,9,11-12,14H2,1H3,(H,28,30)(H,31,32)/t17-,21?/m0/s1. The quantitative estimate of drug-likeness (QED) is 0.521. The Hall–Kier alpha value is -2.86. The molecule has 0 saturated carbocycles. The number of nitrogens with one attached hydrogen (secondary N) is 1. The number of halogens is 2. The Bertz CT molecular complexity index is 1170. The SMILES string of the molecule is CCC(C(=O)O)n1c2c(c3cc(F)ccc31)C[C@@H](NC(=O)CCc1ccccc1Cl)CC2. The molecule has 2 N–H and O–H groups in total. The molecule has 0 spiro atoms. The maximum absolute atomic E-state index is 14.1. The Labute approximate surface area is 191 Å². The summed E-state index contributed by atoms with van der Waals surface area (Å²) in [5.74, 6) is -1.30. The summed E-state index contributed by atoms with van der Waals surface area (Å²) < 4.78 is 15.9. The maximum Gasteiger partial charge on any atom is 0.326 e. The number of rotatable bonds is 7. The lowest BCUT2D eigenvalue weighted by atomic mass is 9.91. The van der Waals surface area contributed by atoms with Crippen LogP contribution in [0.3, 0.4) is 0 Å². The summed E-state index contributed by atoms with van der Waals surface area (Å²) in [7, 11) is 0. The van der Waals surface area contributed by atoms with Crippen molar-refractivity contribution < 1.29 is 19.1 Å². The number of nitrogens with zero attached hydrogens (tertiary/aromatic N) is 1. The van der Waals surface area contributed by atoms with Crippen molar-refractivity contribution in [2.45, 2.75) is 57.5 Å². The van der Waals surface area contributed by atoms with Gasteiger partial charge >= 0.3 is 5.97 Å². The minimum absolute atomic E-state index is 0.0507. The second-order valence-corrected chi connectivity index (χ2v) is 8.72. The van der Waals surface area contributed by atoms with Gasteiger partial charge < -0.3 is 15.0 Å². The Kier molecular flexibility index (Phi) is 6.51. The zero-order chi connectivity index (χ0) is 22.8. The second kappa shape index (κ2) is 9.33. The van der Waals surface area contributed by atoms with Crippen molar-refractivity contribution >= 4 is 34.4 Å². The first-order valence-corrected chi connectivity index (χ1v) is 11.3. The molecule has 0 bridgehead atoms. The van der Waals surface area contributed by atoms with E-state index in [-0.39, 0.29) is 17.8 Å². The number of benzene rings is 2. The summed E-state index contributed by atoms with van der Waals surface area (Å²) >= 11 is 6.18. The molecule has 32 heavy (non-hydrogen) atoms. The Morgan fingerprint density at radius 3 is 2.78 bits per heavy atom. The molecule has 0 saturated heterocycles. The van der Waals surface area contributed by atoms with Crippen LogP contribution in [0.5, 0.6) is 0 Å². The Morgan fingerprint density at radius 2 is 2.06 bits per heavy atom. The number of aryl methyl sites for hydroxylation is 1. The van der Waals surface area contributed by atoms with Crippen molar-refractivity contribution in [1.82, 2.24) is 9.88 Å². The number of fused-ring (bicyclic) bond motifs is 3. The van der Waals surface area contributed by atoms with Gasteiger partial charge in [0.15, 0.2) is 0 Å². The van der Waals surface area contributed by atoms with E-state index in [1.54, 1.807) is 6.07 Å². The monoisotopic (exact) mass is 456 g/mol. The second-order valence-electron chi connectivity index (χ2n) is 8.32. The fourth-order valence-corrected chi connectivity index (χ4v) is 4.99. The van der Waals surface area contributed by atoms with Gasteiger partial charge in [0.05, 0.1) is 0 Å². The number of aromatic nitrogens is 1. The average molecular weight is 457 g/mol. The van der Waals surface area contributed by atoms with Crippen LogP contribution >= 0.6 is 11.6 Å². The van der Waals surface area contributed by atoms with E-state index in [4.69, 9.17) is 11.6 Å². The molecule has 1 aliphatic carbocycles. The lowest BCUT2D eigenvalue weighted by Crippen LogP contribution is -2.39. The van der Waals surface area contributed by atoms with Gasteiger partial charge in [-0.15, -0.1) is 0 Å². The molecular weight excluding hydrogens is 431 g/mol. The zero-order valence-corrected chi connectivity index (χ0v) is 18.7. The molecule has 2 atom stereocenters. The van der Waals surface area contributed by atoms with E-state index in [9.17, 15) is 19.1 Å². The van der Waals surface area contributed by atoms with Gasteiger partial charge in [0, 0.05) is 34.1 Å². The van der Waals surface area contributed by atoms with Gasteiger partial charge in [-0.3, -0.25) is 4.79 Å². The predicted octanol–water partition coefficient (Wildman–Crippen LogP) is 5.08. The van der Waals surface area contributed by atoms with Crippen molar-refractivity contribution in [2.75, 3.05) is 0 Å². The van der Waals surface area contributed by atoms with E-state index in [0.29, 0.717) is 43.5 Å². The molecule has 1 unspecified atom stereocenters. The van der Waals surface area contributed by atoms with Crippen LogP contribution in [0.15, 0.2) is 42.5 Å². The van der Waals surface area contributed by atoms with Crippen molar-refractivity contribution in [2.24, 2.45) is 0 Å². The Morgan fingerprint density at radius 1 is 1.28 bits per heavy atom. The fourth-order valence-electron chi connectivity index (χ4n) is 4.76. The van der Waals surface area contributed by atoms with Crippen LogP contribution in [0, 0.1) is 5.82 Å². The van der Waals surface area contributed by atoms with Crippen molar-refractivity contribution in [1.29, 1.82) is 0 Å². The highest BCUT2D eigenvalue weighted by molar-refractivity contribution is 6.31. The van der Waals surface area contributed by atoms with Crippen LogP contribution in [0.2, 0.25) is 5.02 Å². The molecule has 0 aliphatic heterocycles. The number of aliphatic carboxylic acids is 1. The topological polar surface area (TPSA) is 71.3 Å². The number of carboxylic acids is 1. The smallest absolute Gasteiger partial charge is 0.326 e. The van der Waals surface area contributed by atoms with Crippen molar-refractivity contribution in [3.05, 3.63) is 70.1 Å². The van der Waals surface area contributed by atoms with Crippen molar-refractivity contribution in [3.8, 4) is 0 Å². The molecule has 2 aromatic carbocycles. The van der Waals surface area contributed by atoms with Crippen LogP contribution < -0.4 is 5.32 Å². The van der Waals surface area contributed by atoms with Crippen LogP contribution in [0.1, 0.15) is 49.0 Å². The van der Waals surface area contributed by atoms with Gasteiger partial charge in [0.25, 0.3) is 0 Å². The van der Waals surface area contributed by atoms with E-state index < -0.39 is 12.0 Å².